The van der Waals surface area contributed by atoms with Crippen LogP contribution < -0.4 is 0 Å². The summed E-state index contributed by atoms with van der Waals surface area (Å²) in [6.45, 7) is 6.20. The Labute approximate surface area is 86.0 Å². The Hall–Kier alpha value is -0.630. The van der Waals surface area contributed by atoms with E-state index < -0.39 is 6.10 Å². The Morgan fingerprint density at radius 2 is 2.14 bits per heavy atom. The van der Waals surface area contributed by atoms with Crippen LogP contribution in [0, 0.1) is 5.41 Å². The molecule has 0 radical (unpaired) electrons. The van der Waals surface area contributed by atoms with Gasteiger partial charge in [-0.15, -0.1) is 0 Å². The van der Waals surface area contributed by atoms with E-state index in [0.29, 0.717) is 6.42 Å². The smallest absolute Gasteiger partial charge is 0.156 e. The van der Waals surface area contributed by atoms with Crippen LogP contribution in [0.2, 0.25) is 0 Å². The molecule has 1 N–H and O–H groups in total. The van der Waals surface area contributed by atoms with Gasteiger partial charge in [0, 0.05) is 6.42 Å². The zero-order valence-corrected chi connectivity index (χ0v) is 9.34. The summed E-state index contributed by atoms with van der Waals surface area (Å²) in [7, 11) is 0. The number of rotatable bonds is 3. The number of hydrogen-bond donors (Lipinski definition) is 1. The second kappa shape index (κ2) is 4.26. The molecule has 0 saturated carbocycles. The average molecular weight is 196 g/mol. The maximum atomic E-state index is 11.4. The first-order chi connectivity index (χ1) is 6.44. The van der Waals surface area contributed by atoms with Crippen LogP contribution in [0.1, 0.15) is 46.5 Å². The molecule has 0 heterocycles. The van der Waals surface area contributed by atoms with Crippen LogP contribution in [0.3, 0.4) is 0 Å². The molecule has 0 amide bonds. The Morgan fingerprint density at radius 3 is 2.64 bits per heavy atom. The van der Waals surface area contributed by atoms with Crippen molar-refractivity contribution in [2.45, 2.75) is 52.6 Å². The molecule has 0 saturated heterocycles. The number of aliphatic hydroxyl groups is 1. The van der Waals surface area contributed by atoms with Crippen molar-refractivity contribution < 1.29 is 9.90 Å². The number of carbonyl (C=O) groups is 1. The molecule has 0 bridgehead atoms. The fourth-order valence-electron chi connectivity index (χ4n) is 2.07. The van der Waals surface area contributed by atoms with E-state index in [-0.39, 0.29) is 11.2 Å². The molecule has 80 valence electrons. The molecule has 0 aromatic heterocycles. The molecular formula is C12H20O2. The maximum absolute atomic E-state index is 11.4. The van der Waals surface area contributed by atoms with Crippen molar-refractivity contribution in [1.82, 2.24) is 0 Å². The van der Waals surface area contributed by atoms with Gasteiger partial charge in [0.05, 0.1) is 6.10 Å². The van der Waals surface area contributed by atoms with E-state index in [1.807, 2.05) is 6.92 Å². The minimum atomic E-state index is -0.413. The SMILES string of the molecule is CCCC(O)C1=CC(=O)CC(C)(C)C1. The zero-order chi connectivity index (χ0) is 10.8. The quantitative estimate of drug-likeness (QED) is 0.753. The lowest BCUT2D eigenvalue weighted by Crippen LogP contribution is -2.26. The van der Waals surface area contributed by atoms with Gasteiger partial charge in [-0.1, -0.05) is 27.2 Å². The molecule has 0 aliphatic heterocycles. The number of ketones is 1. The minimum absolute atomic E-state index is 0.0237. The van der Waals surface area contributed by atoms with E-state index >= 15 is 0 Å². The summed E-state index contributed by atoms with van der Waals surface area (Å²) in [5.41, 5.74) is 0.948. The van der Waals surface area contributed by atoms with Gasteiger partial charge in [0.2, 0.25) is 0 Å². The first-order valence-corrected chi connectivity index (χ1v) is 5.36. The standard InChI is InChI=1S/C12H20O2/c1-4-5-11(14)9-6-10(13)8-12(2,3)7-9/h6,11,14H,4-5,7-8H2,1-3H3. The van der Waals surface area contributed by atoms with Crippen molar-refractivity contribution >= 4 is 5.78 Å². The highest BCUT2D eigenvalue weighted by atomic mass is 16.3. The number of hydrogen-bond acceptors (Lipinski definition) is 2. The zero-order valence-electron chi connectivity index (χ0n) is 9.34. The molecule has 2 heteroatoms. The maximum Gasteiger partial charge on any atom is 0.156 e. The van der Waals surface area contributed by atoms with Crippen LogP contribution in [0.25, 0.3) is 0 Å². The van der Waals surface area contributed by atoms with Gasteiger partial charge in [-0.2, -0.15) is 0 Å². The Morgan fingerprint density at radius 1 is 1.50 bits per heavy atom. The van der Waals surface area contributed by atoms with Crippen LogP contribution in [0.5, 0.6) is 0 Å². The van der Waals surface area contributed by atoms with Gasteiger partial charge in [0.15, 0.2) is 5.78 Å². The van der Waals surface area contributed by atoms with Crippen molar-refractivity contribution in [3.63, 3.8) is 0 Å². The highest BCUT2D eigenvalue weighted by Crippen LogP contribution is 2.35. The summed E-state index contributed by atoms with van der Waals surface area (Å²) in [4.78, 5) is 11.4. The summed E-state index contributed by atoms with van der Waals surface area (Å²) in [5, 5.41) is 9.80. The lowest BCUT2D eigenvalue weighted by atomic mass is 9.75. The van der Waals surface area contributed by atoms with Crippen LogP contribution in [-0.2, 0) is 4.79 Å². The molecule has 0 fully saturated rings. The fourth-order valence-corrected chi connectivity index (χ4v) is 2.07. The molecule has 1 aliphatic carbocycles. The van der Waals surface area contributed by atoms with Gasteiger partial charge in [-0.3, -0.25) is 4.79 Å². The van der Waals surface area contributed by atoms with Gasteiger partial charge in [-0.05, 0) is 29.9 Å². The highest BCUT2D eigenvalue weighted by Gasteiger charge is 2.29. The van der Waals surface area contributed by atoms with Crippen LogP contribution in [0.4, 0.5) is 0 Å². The van der Waals surface area contributed by atoms with Crippen LogP contribution in [-0.4, -0.2) is 17.0 Å². The molecule has 1 rings (SSSR count). The Balaban J connectivity index is 2.73. The summed E-state index contributed by atoms with van der Waals surface area (Å²) in [5.74, 6) is 0.159. The van der Waals surface area contributed by atoms with Crippen molar-refractivity contribution in [1.29, 1.82) is 0 Å². The van der Waals surface area contributed by atoms with Gasteiger partial charge in [-0.25, -0.2) is 0 Å². The van der Waals surface area contributed by atoms with Crippen LogP contribution >= 0.6 is 0 Å². The number of allylic oxidation sites excluding steroid dienone is 1. The molecule has 1 unspecified atom stereocenters. The Bertz CT molecular complexity index is 251. The third kappa shape index (κ3) is 2.95. The number of carbonyl (C=O) groups excluding carboxylic acids is 1. The fraction of sp³-hybridized carbons (Fsp3) is 0.750. The molecular weight excluding hydrogens is 176 g/mol. The molecule has 2 nitrogen and oxygen atoms in total. The largest absolute Gasteiger partial charge is 0.389 e. The monoisotopic (exact) mass is 196 g/mol. The van der Waals surface area contributed by atoms with Gasteiger partial charge in [0.1, 0.15) is 0 Å². The van der Waals surface area contributed by atoms with Gasteiger partial charge in [0.25, 0.3) is 0 Å². The predicted octanol–water partition coefficient (Wildman–Crippen LogP) is 2.46. The van der Waals surface area contributed by atoms with Crippen molar-refractivity contribution in [2.75, 3.05) is 0 Å². The summed E-state index contributed by atoms with van der Waals surface area (Å²) in [6, 6.07) is 0. The highest BCUT2D eigenvalue weighted by molar-refractivity contribution is 5.92. The topological polar surface area (TPSA) is 37.3 Å². The molecule has 14 heavy (non-hydrogen) atoms. The molecule has 0 spiro atoms. The van der Waals surface area contributed by atoms with E-state index in [4.69, 9.17) is 0 Å². The minimum Gasteiger partial charge on any atom is -0.389 e. The van der Waals surface area contributed by atoms with E-state index in [2.05, 4.69) is 13.8 Å². The van der Waals surface area contributed by atoms with E-state index in [0.717, 1.165) is 24.8 Å². The van der Waals surface area contributed by atoms with Gasteiger partial charge >= 0.3 is 0 Å². The molecule has 1 aliphatic rings. The summed E-state index contributed by atoms with van der Waals surface area (Å²) >= 11 is 0. The van der Waals surface area contributed by atoms with Crippen LogP contribution in [0.15, 0.2) is 11.6 Å². The lowest BCUT2D eigenvalue weighted by molar-refractivity contribution is -0.117. The average Bonchev–Trinajstić information content (AvgIpc) is 2.00. The Kier molecular flexibility index (Phi) is 3.48. The third-order valence-electron chi connectivity index (χ3n) is 2.67. The summed E-state index contributed by atoms with van der Waals surface area (Å²) < 4.78 is 0. The number of aliphatic hydroxyl groups excluding tert-OH is 1. The lowest BCUT2D eigenvalue weighted by Gasteiger charge is -2.30. The first kappa shape index (κ1) is 11.4. The van der Waals surface area contributed by atoms with Crippen molar-refractivity contribution in [3.05, 3.63) is 11.6 Å². The molecule has 0 aromatic carbocycles. The second-order valence-electron chi connectivity index (χ2n) is 5.01. The van der Waals surface area contributed by atoms with Crippen molar-refractivity contribution in [3.8, 4) is 0 Å². The first-order valence-electron chi connectivity index (χ1n) is 5.36. The third-order valence-corrected chi connectivity index (χ3v) is 2.67. The normalized spacial score (nSPS) is 23.1. The second-order valence-corrected chi connectivity index (χ2v) is 5.01. The summed E-state index contributed by atoms with van der Waals surface area (Å²) in [6.07, 6.45) is 4.40. The van der Waals surface area contributed by atoms with E-state index in [9.17, 15) is 9.90 Å². The molecule has 1 atom stereocenters. The van der Waals surface area contributed by atoms with Gasteiger partial charge < -0.3 is 5.11 Å². The predicted molar refractivity (Wildman–Crippen MR) is 57.0 cm³/mol. The van der Waals surface area contributed by atoms with Crippen molar-refractivity contribution in [2.24, 2.45) is 5.41 Å². The van der Waals surface area contributed by atoms with E-state index in [1.165, 1.54) is 0 Å². The molecule has 0 aromatic rings. The van der Waals surface area contributed by atoms with E-state index in [1.54, 1.807) is 6.08 Å².